The van der Waals surface area contributed by atoms with E-state index in [0.29, 0.717) is 32.9 Å². The molecule has 0 unspecified atom stereocenters. The van der Waals surface area contributed by atoms with E-state index in [0.717, 1.165) is 41.6 Å². The molecule has 4 aromatic rings. The number of urea groups is 1. The number of thiophene rings is 1. The Hall–Kier alpha value is -3.95. The van der Waals surface area contributed by atoms with Gasteiger partial charge >= 0.3 is 6.03 Å². The summed E-state index contributed by atoms with van der Waals surface area (Å²) in [5, 5.41) is 6.96. The lowest BCUT2D eigenvalue weighted by Gasteiger charge is -2.29. The van der Waals surface area contributed by atoms with Crippen molar-refractivity contribution in [1.82, 2.24) is 15.2 Å². The minimum atomic E-state index is -0.314. The summed E-state index contributed by atoms with van der Waals surface area (Å²) in [6.45, 7) is 1.95. The second-order valence-electron chi connectivity index (χ2n) is 10.0. The van der Waals surface area contributed by atoms with Crippen LogP contribution in [0, 0.1) is 6.92 Å². The average Bonchev–Trinajstić information content (AvgIpc) is 3.52. The lowest BCUT2D eigenvalue weighted by atomic mass is 10.1. The van der Waals surface area contributed by atoms with Crippen molar-refractivity contribution >= 4 is 50.6 Å². The van der Waals surface area contributed by atoms with Crippen molar-refractivity contribution in [1.29, 1.82) is 0 Å². The number of benzene rings is 2. The number of anilines is 3. The van der Waals surface area contributed by atoms with Crippen molar-refractivity contribution in [2.45, 2.75) is 38.3 Å². The van der Waals surface area contributed by atoms with Gasteiger partial charge in [-0.05, 0) is 82.2 Å². The highest BCUT2D eigenvalue weighted by Crippen LogP contribution is 2.46. The van der Waals surface area contributed by atoms with E-state index in [2.05, 4.69) is 34.6 Å². The van der Waals surface area contributed by atoms with Crippen LogP contribution in [0.15, 0.2) is 60.8 Å². The first-order valence-electron chi connectivity index (χ1n) is 12.7. The third-order valence-corrected chi connectivity index (χ3v) is 8.41. The van der Waals surface area contributed by atoms with Crippen LogP contribution in [0.25, 0.3) is 10.2 Å². The number of hydrogen-bond acceptors (Lipinski definition) is 6. The molecule has 0 radical (unpaired) electrons. The van der Waals surface area contributed by atoms with Gasteiger partial charge < -0.3 is 20.3 Å². The molecule has 3 amide bonds. The number of carbonyl (C=O) groups excluding carboxylic acids is 2. The Morgan fingerprint density at radius 3 is 2.66 bits per heavy atom. The van der Waals surface area contributed by atoms with Crippen LogP contribution in [-0.2, 0) is 0 Å². The van der Waals surface area contributed by atoms with Gasteiger partial charge in [0, 0.05) is 18.3 Å². The number of amides is 3. The first kappa shape index (κ1) is 24.4. The van der Waals surface area contributed by atoms with E-state index in [1.54, 1.807) is 11.1 Å². The third-order valence-electron chi connectivity index (χ3n) is 7.31. The topological polar surface area (TPSA) is 86.8 Å². The summed E-state index contributed by atoms with van der Waals surface area (Å²) in [5.41, 5.74) is 2.86. The van der Waals surface area contributed by atoms with E-state index < -0.39 is 0 Å². The van der Waals surface area contributed by atoms with Gasteiger partial charge in [0.25, 0.3) is 5.91 Å². The highest BCUT2D eigenvalue weighted by atomic mass is 32.1. The lowest BCUT2D eigenvalue weighted by Crippen LogP contribution is -2.37. The van der Waals surface area contributed by atoms with Crippen molar-refractivity contribution in [3.8, 4) is 11.5 Å². The number of rotatable bonds is 6. The number of para-hydroxylation sites is 1. The summed E-state index contributed by atoms with van der Waals surface area (Å²) in [6, 6.07) is 17.3. The number of hydrogen-bond donors (Lipinski definition) is 2. The van der Waals surface area contributed by atoms with Crippen molar-refractivity contribution in [2.75, 3.05) is 24.3 Å². The second kappa shape index (κ2) is 9.74. The average molecular weight is 528 g/mol. The summed E-state index contributed by atoms with van der Waals surface area (Å²) >= 11 is 1.31. The van der Waals surface area contributed by atoms with Gasteiger partial charge in [-0.1, -0.05) is 18.2 Å². The normalized spacial score (nSPS) is 18.6. The predicted octanol–water partition coefficient (Wildman–Crippen LogP) is 6.29. The van der Waals surface area contributed by atoms with Gasteiger partial charge in [-0.2, -0.15) is 0 Å². The van der Waals surface area contributed by atoms with Crippen molar-refractivity contribution in [3.05, 3.63) is 71.2 Å². The van der Waals surface area contributed by atoms with Crippen LogP contribution in [-0.4, -0.2) is 48.0 Å². The Morgan fingerprint density at radius 2 is 1.92 bits per heavy atom. The largest absolute Gasteiger partial charge is 0.457 e. The molecule has 2 aliphatic rings. The molecule has 9 heteroatoms. The predicted molar refractivity (Wildman–Crippen MR) is 151 cm³/mol. The number of ether oxygens (including phenoxy) is 1. The van der Waals surface area contributed by atoms with Crippen LogP contribution in [0.4, 0.5) is 21.9 Å². The molecule has 2 N–H and O–H groups in total. The summed E-state index contributed by atoms with van der Waals surface area (Å²) in [5.74, 6) is 1.27. The number of nitrogens with zero attached hydrogens (tertiary/aromatic N) is 3. The standard InChI is InChI=1S/C29H29N5O3S/c1-17-15-21(37-20-7-5-4-6-8-20)11-12-22(17)34-23-13-14-30-28-24(23)25(32-29(34)36)26(38-28)27(35)31-18-9-10-19(16-18)33(2)3/h4-8,11-15,18-19H,9-10,16H2,1-3H3,(H,31,35)(H,32,36)/t18-,19+/m0/s1. The summed E-state index contributed by atoms with van der Waals surface area (Å²) in [4.78, 5) is 36.4. The summed E-state index contributed by atoms with van der Waals surface area (Å²) in [7, 11) is 4.15. The van der Waals surface area contributed by atoms with Gasteiger partial charge in [0.2, 0.25) is 0 Å². The van der Waals surface area contributed by atoms with E-state index in [1.165, 1.54) is 11.3 Å². The lowest BCUT2D eigenvalue weighted by molar-refractivity contribution is 0.0941. The zero-order chi connectivity index (χ0) is 26.4. The highest BCUT2D eigenvalue weighted by molar-refractivity contribution is 7.21. The molecule has 1 aliphatic heterocycles. The number of pyridine rings is 1. The van der Waals surface area contributed by atoms with Crippen LogP contribution in [0.2, 0.25) is 0 Å². The van der Waals surface area contributed by atoms with Gasteiger partial charge in [-0.25, -0.2) is 9.78 Å². The smallest absolute Gasteiger partial charge is 0.331 e. The van der Waals surface area contributed by atoms with Gasteiger partial charge in [0.1, 0.15) is 21.2 Å². The molecule has 2 aromatic heterocycles. The maximum atomic E-state index is 13.5. The van der Waals surface area contributed by atoms with Crippen molar-refractivity contribution < 1.29 is 14.3 Å². The molecule has 2 aromatic carbocycles. The molecule has 2 atom stereocenters. The molecule has 8 nitrogen and oxygen atoms in total. The Labute approximate surface area is 225 Å². The zero-order valence-corrected chi connectivity index (χ0v) is 22.3. The van der Waals surface area contributed by atoms with E-state index in [1.807, 2.05) is 61.5 Å². The third kappa shape index (κ3) is 4.37. The highest BCUT2D eigenvalue weighted by Gasteiger charge is 2.34. The van der Waals surface area contributed by atoms with Crippen LogP contribution >= 0.6 is 11.3 Å². The quantitative estimate of drug-likeness (QED) is 0.308. The van der Waals surface area contributed by atoms with E-state index in [-0.39, 0.29) is 18.0 Å². The van der Waals surface area contributed by atoms with Gasteiger partial charge in [0.15, 0.2) is 0 Å². The van der Waals surface area contributed by atoms with E-state index >= 15 is 0 Å². The molecule has 194 valence electrons. The zero-order valence-electron chi connectivity index (χ0n) is 21.5. The monoisotopic (exact) mass is 527 g/mol. The number of aryl methyl sites for hydroxylation is 1. The van der Waals surface area contributed by atoms with E-state index in [9.17, 15) is 9.59 Å². The van der Waals surface area contributed by atoms with Gasteiger partial charge in [0.05, 0.1) is 22.4 Å². The Bertz CT molecular complexity index is 1530. The number of aromatic nitrogens is 1. The molecular formula is C29H29N5O3S. The molecule has 0 spiro atoms. The molecule has 1 fully saturated rings. The molecule has 1 saturated carbocycles. The molecule has 3 heterocycles. The summed E-state index contributed by atoms with van der Waals surface area (Å²) in [6.07, 6.45) is 4.61. The maximum absolute atomic E-state index is 13.5. The van der Waals surface area contributed by atoms with Crippen molar-refractivity contribution in [3.63, 3.8) is 0 Å². The molecule has 6 rings (SSSR count). The first-order valence-corrected chi connectivity index (χ1v) is 13.5. The van der Waals surface area contributed by atoms with Crippen LogP contribution < -0.4 is 20.3 Å². The second-order valence-corrected chi connectivity index (χ2v) is 11.0. The SMILES string of the molecule is Cc1cc(Oc2ccccc2)ccc1N1C(=O)Nc2c(C(=O)N[C@H]3CC[C@@H](N(C)C)C3)sc3nccc1c23. The number of nitrogens with one attached hydrogen (secondary N) is 2. The first-order chi connectivity index (χ1) is 18.4. The fraction of sp³-hybridized carbons (Fsp3) is 0.276. The molecule has 0 bridgehead atoms. The molecule has 38 heavy (non-hydrogen) atoms. The molecule has 0 saturated heterocycles. The fourth-order valence-corrected chi connectivity index (χ4v) is 6.38. The van der Waals surface area contributed by atoms with Crippen LogP contribution in [0.5, 0.6) is 11.5 Å². The van der Waals surface area contributed by atoms with Gasteiger partial charge in [-0.15, -0.1) is 11.3 Å². The van der Waals surface area contributed by atoms with Crippen LogP contribution in [0.3, 0.4) is 0 Å². The fourth-order valence-electron chi connectivity index (χ4n) is 5.36. The van der Waals surface area contributed by atoms with Gasteiger partial charge in [-0.3, -0.25) is 9.69 Å². The Morgan fingerprint density at radius 1 is 1.11 bits per heavy atom. The van der Waals surface area contributed by atoms with Crippen molar-refractivity contribution in [2.24, 2.45) is 0 Å². The van der Waals surface area contributed by atoms with E-state index in [4.69, 9.17) is 4.74 Å². The minimum Gasteiger partial charge on any atom is -0.457 e. The molecule has 1 aliphatic carbocycles. The minimum absolute atomic E-state index is 0.120. The Kier molecular flexibility index (Phi) is 6.25. The van der Waals surface area contributed by atoms with Crippen LogP contribution in [0.1, 0.15) is 34.5 Å². The Balaban J connectivity index is 1.31. The molecular weight excluding hydrogens is 498 g/mol. The summed E-state index contributed by atoms with van der Waals surface area (Å²) < 4.78 is 5.97. The maximum Gasteiger partial charge on any atom is 0.331 e. The number of carbonyl (C=O) groups is 2.